The van der Waals surface area contributed by atoms with Crippen molar-refractivity contribution in [3.63, 3.8) is 0 Å². The lowest BCUT2D eigenvalue weighted by molar-refractivity contribution is 1.18. The molecule has 0 spiro atoms. The second-order valence-corrected chi connectivity index (χ2v) is 6.24. The maximum atomic E-state index is 6.18. The molecule has 1 atom stereocenters. The van der Waals surface area contributed by atoms with Crippen LogP contribution in [-0.4, -0.2) is 0 Å². The smallest absolute Gasteiger partial charge is 0.0688 e. The van der Waals surface area contributed by atoms with Gasteiger partial charge in [0.2, 0.25) is 0 Å². The van der Waals surface area contributed by atoms with E-state index in [9.17, 15) is 0 Å². The second-order valence-electron chi connectivity index (χ2n) is 3.66. The van der Waals surface area contributed by atoms with Crippen LogP contribution in [0.2, 0.25) is 20.1 Å². The lowest BCUT2D eigenvalue weighted by atomic mass is 10.0. The number of hydrogen-bond donors (Lipinski definition) is 0. The van der Waals surface area contributed by atoms with E-state index in [2.05, 4.69) is 15.9 Å². The second kappa shape index (κ2) is 6.02. The van der Waals surface area contributed by atoms with Crippen molar-refractivity contribution in [1.29, 1.82) is 0 Å². The highest BCUT2D eigenvalue weighted by molar-refractivity contribution is 9.09. The summed E-state index contributed by atoms with van der Waals surface area (Å²) in [7, 11) is 0. The van der Waals surface area contributed by atoms with Crippen LogP contribution in [0.4, 0.5) is 0 Å². The van der Waals surface area contributed by atoms with E-state index in [1.165, 1.54) is 0 Å². The van der Waals surface area contributed by atoms with Crippen molar-refractivity contribution in [1.82, 2.24) is 0 Å². The average molecular weight is 385 g/mol. The summed E-state index contributed by atoms with van der Waals surface area (Å²) in [6.07, 6.45) is 0. The van der Waals surface area contributed by atoms with Gasteiger partial charge in [0, 0.05) is 25.7 Å². The summed E-state index contributed by atoms with van der Waals surface area (Å²) in [6.45, 7) is 0. The molecule has 0 aliphatic rings. The number of benzene rings is 2. The van der Waals surface area contributed by atoms with Crippen molar-refractivity contribution >= 4 is 62.3 Å². The number of halogens is 5. The van der Waals surface area contributed by atoms with E-state index in [1.807, 2.05) is 6.07 Å². The quantitative estimate of drug-likeness (QED) is 0.500. The normalized spacial score (nSPS) is 12.5. The third-order valence-electron chi connectivity index (χ3n) is 2.49. The first-order valence-electron chi connectivity index (χ1n) is 5.03. The molecule has 94 valence electrons. The number of hydrogen-bond acceptors (Lipinski definition) is 0. The molecule has 0 saturated heterocycles. The van der Waals surface area contributed by atoms with Crippen molar-refractivity contribution in [2.24, 2.45) is 0 Å². The highest BCUT2D eigenvalue weighted by Crippen LogP contribution is 2.42. The van der Waals surface area contributed by atoms with Crippen LogP contribution in [0.1, 0.15) is 16.0 Å². The summed E-state index contributed by atoms with van der Waals surface area (Å²) in [5.41, 5.74) is 1.67. The highest BCUT2D eigenvalue weighted by atomic mass is 79.9. The van der Waals surface area contributed by atoms with E-state index in [4.69, 9.17) is 46.4 Å². The minimum absolute atomic E-state index is 0.177. The molecule has 2 aromatic rings. The van der Waals surface area contributed by atoms with Gasteiger partial charge in [-0.15, -0.1) is 0 Å². The largest absolute Gasteiger partial charge is 0.0843 e. The van der Waals surface area contributed by atoms with E-state index in [-0.39, 0.29) is 4.83 Å². The average Bonchev–Trinajstić information content (AvgIpc) is 2.28. The zero-order chi connectivity index (χ0) is 13.3. The molecular formula is C13H7BrCl4. The van der Waals surface area contributed by atoms with Crippen LogP contribution in [0.3, 0.4) is 0 Å². The summed E-state index contributed by atoms with van der Waals surface area (Å²) in [5, 5.41) is 2.35. The van der Waals surface area contributed by atoms with Crippen LogP contribution in [0.25, 0.3) is 0 Å². The maximum absolute atomic E-state index is 6.18. The van der Waals surface area contributed by atoms with Gasteiger partial charge in [-0.25, -0.2) is 0 Å². The topological polar surface area (TPSA) is 0 Å². The van der Waals surface area contributed by atoms with E-state index >= 15 is 0 Å². The third kappa shape index (κ3) is 2.97. The lowest BCUT2D eigenvalue weighted by Crippen LogP contribution is -1.96. The molecule has 0 aliphatic heterocycles. The van der Waals surface area contributed by atoms with E-state index in [1.54, 1.807) is 30.3 Å². The van der Waals surface area contributed by atoms with Crippen molar-refractivity contribution < 1.29 is 0 Å². The van der Waals surface area contributed by atoms with Crippen molar-refractivity contribution in [2.75, 3.05) is 0 Å². The Labute approximate surface area is 134 Å². The van der Waals surface area contributed by atoms with Gasteiger partial charge in [-0.05, 0) is 29.8 Å². The van der Waals surface area contributed by atoms with Crippen LogP contribution >= 0.6 is 62.3 Å². The van der Waals surface area contributed by atoms with Gasteiger partial charge in [0.1, 0.15) is 0 Å². The Bertz CT molecular complexity index is 563. The Morgan fingerprint density at radius 3 is 2.00 bits per heavy atom. The molecule has 0 bridgehead atoms. The Kier molecular flexibility index (Phi) is 4.85. The fraction of sp³-hybridized carbons (Fsp3) is 0.0769. The Hall–Kier alpha value is 0.0800. The zero-order valence-corrected chi connectivity index (χ0v) is 13.5. The van der Waals surface area contributed by atoms with Crippen LogP contribution in [-0.2, 0) is 0 Å². The molecule has 0 aromatic heterocycles. The predicted octanol–water partition coefficient (Wildman–Crippen LogP) is 6.78. The van der Waals surface area contributed by atoms with E-state index in [0.29, 0.717) is 20.1 Å². The minimum Gasteiger partial charge on any atom is -0.0843 e. The van der Waals surface area contributed by atoms with Crippen LogP contribution in [0.5, 0.6) is 0 Å². The fourth-order valence-electron chi connectivity index (χ4n) is 1.62. The predicted molar refractivity (Wildman–Crippen MR) is 83.7 cm³/mol. The Morgan fingerprint density at radius 1 is 0.833 bits per heavy atom. The van der Waals surface area contributed by atoms with Crippen LogP contribution < -0.4 is 0 Å². The van der Waals surface area contributed by atoms with Crippen LogP contribution in [0.15, 0.2) is 36.4 Å². The lowest BCUT2D eigenvalue weighted by Gasteiger charge is -2.15. The molecule has 2 aromatic carbocycles. The minimum atomic E-state index is -0.177. The molecular weight excluding hydrogens is 378 g/mol. The van der Waals surface area contributed by atoms with Crippen molar-refractivity contribution in [2.45, 2.75) is 4.83 Å². The molecule has 0 saturated carbocycles. The summed E-state index contributed by atoms with van der Waals surface area (Å²) < 4.78 is 0. The van der Waals surface area contributed by atoms with E-state index < -0.39 is 0 Å². The van der Waals surface area contributed by atoms with Gasteiger partial charge in [0.05, 0.1) is 4.83 Å². The first-order valence-corrected chi connectivity index (χ1v) is 7.46. The summed E-state index contributed by atoms with van der Waals surface area (Å²) in [5.74, 6) is 0. The van der Waals surface area contributed by atoms with Crippen LogP contribution in [0, 0.1) is 0 Å². The first kappa shape index (κ1) is 14.5. The summed E-state index contributed by atoms with van der Waals surface area (Å²) >= 11 is 28.0. The molecule has 0 aliphatic carbocycles. The number of alkyl halides is 1. The molecule has 1 unspecified atom stereocenters. The van der Waals surface area contributed by atoms with Gasteiger partial charge in [-0.1, -0.05) is 74.5 Å². The molecule has 5 heteroatoms. The molecule has 0 N–H and O–H groups in total. The van der Waals surface area contributed by atoms with Gasteiger partial charge in [0.25, 0.3) is 0 Å². The molecule has 0 heterocycles. The maximum Gasteiger partial charge on any atom is 0.0688 e. The Balaban J connectivity index is 2.51. The first-order chi connectivity index (χ1) is 8.50. The van der Waals surface area contributed by atoms with Gasteiger partial charge >= 0.3 is 0 Å². The van der Waals surface area contributed by atoms with E-state index in [0.717, 1.165) is 11.1 Å². The summed E-state index contributed by atoms with van der Waals surface area (Å²) in [6, 6.07) is 10.7. The molecule has 2 rings (SSSR count). The Morgan fingerprint density at radius 2 is 1.44 bits per heavy atom. The fourth-order valence-corrected chi connectivity index (χ4v) is 4.04. The van der Waals surface area contributed by atoms with Crippen molar-refractivity contribution in [3.05, 3.63) is 67.6 Å². The molecule has 0 radical (unpaired) electrons. The van der Waals surface area contributed by atoms with Gasteiger partial charge in [0.15, 0.2) is 0 Å². The molecule has 0 amide bonds. The highest BCUT2D eigenvalue weighted by Gasteiger charge is 2.19. The van der Waals surface area contributed by atoms with Gasteiger partial charge < -0.3 is 0 Å². The number of rotatable bonds is 2. The van der Waals surface area contributed by atoms with Gasteiger partial charge in [-0.2, -0.15) is 0 Å². The third-order valence-corrected chi connectivity index (χ3v) is 4.66. The monoisotopic (exact) mass is 382 g/mol. The zero-order valence-electron chi connectivity index (χ0n) is 8.93. The SMILES string of the molecule is Clc1ccc(C(Br)c2c(Cl)cccc2Cl)c(Cl)c1. The molecule has 0 nitrogen and oxygen atoms in total. The molecule has 18 heavy (non-hydrogen) atoms. The summed E-state index contributed by atoms with van der Waals surface area (Å²) in [4.78, 5) is -0.177. The molecule has 0 fully saturated rings. The van der Waals surface area contributed by atoms with Gasteiger partial charge in [-0.3, -0.25) is 0 Å². The standard InChI is InChI=1S/C13H7BrCl4/c14-13(8-5-4-7(15)6-11(8)18)12-9(16)2-1-3-10(12)17/h1-6,13H. The van der Waals surface area contributed by atoms with Crippen molar-refractivity contribution in [3.8, 4) is 0 Å².